The lowest BCUT2D eigenvalue weighted by molar-refractivity contribution is -0.139. The number of rotatable bonds is 6. The lowest BCUT2D eigenvalue weighted by Gasteiger charge is -2.03. The summed E-state index contributed by atoms with van der Waals surface area (Å²) in [7, 11) is 0. The maximum Gasteiger partial charge on any atom is 0.333 e. The second kappa shape index (κ2) is 6.72. The fraction of sp³-hybridized carbons (Fsp3) is 0.500. The number of unbranched alkanes of at least 4 members (excludes halogenated alkanes) is 1. The van der Waals surface area contributed by atoms with Crippen LogP contribution in [0, 0.1) is 0 Å². The molecular weight excluding hydrogens is 188 g/mol. The summed E-state index contributed by atoms with van der Waals surface area (Å²) in [6.07, 6.45) is 2.47. The molecule has 0 aromatic rings. The Labute approximate surface area is 84.2 Å². The molecule has 0 N–H and O–H groups in total. The zero-order valence-corrected chi connectivity index (χ0v) is 8.69. The molecule has 2 nitrogen and oxygen atoms in total. The summed E-state index contributed by atoms with van der Waals surface area (Å²) < 4.78 is 4.87. The molecular formula is C10H15ClO2. The number of halogens is 1. The van der Waals surface area contributed by atoms with Crippen molar-refractivity contribution >= 4 is 17.6 Å². The number of carbonyl (C=O) groups is 1. The second-order valence-corrected chi connectivity index (χ2v) is 3.43. The van der Waals surface area contributed by atoms with E-state index in [4.69, 9.17) is 16.3 Å². The maximum atomic E-state index is 10.9. The van der Waals surface area contributed by atoms with Crippen LogP contribution in [0.15, 0.2) is 23.8 Å². The molecule has 0 aliphatic rings. The van der Waals surface area contributed by atoms with Gasteiger partial charge in [-0.05, 0) is 26.2 Å². The zero-order valence-electron chi connectivity index (χ0n) is 7.94. The minimum atomic E-state index is -0.329. The maximum absolute atomic E-state index is 10.9. The Morgan fingerprint density at radius 1 is 1.38 bits per heavy atom. The molecule has 0 rings (SSSR count). The molecule has 0 aromatic heterocycles. The van der Waals surface area contributed by atoms with E-state index in [0.717, 1.165) is 19.3 Å². The van der Waals surface area contributed by atoms with Crippen LogP contribution < -0.4 is 0 Å². The van der Waals surface area contributed by atoms with Gasteiger partial charge in [0.2, 0.25) is 0 Å². The van der Waals surface area contributed by atoms with E-state index >= 15 is 0 Å². The Hall–Kier alpha value is -0.760. The smallest absolute Gasteiger partial charge is 0.333 e. The number of ether oxygens (including phenoxy) is 1. The third-order valence-electron chi connectivity index (χ3n) is 1.42. The monoisotopic (exact) mass is 202 g/mol. The Bertz CT molecular complexity index is 209. The normalized spacial score (nSPS) is 9.38. The van der Waals surface area contributed by atoms with Crippen molar-refractivity contribution in [3.8, 4) is 0 Å². The molecule has 13 heavy (non-hydrogen) atoms. The summed E-state index contributed by atoms with van der Waals surface area (Å²) in [6.45, 7) is 9.09. The van der Waals surface area contributed by atoms with E-state index in [1.54, 1.807) is 6.92 Å². The van der Waals surface area contributed by atoms with Crippen LogP contribution in [-0.2, 0) is 9.53 Å². The van der Waals surface area contributed by atoms with Gasteiger partial charge in [-0.1, -0.05) is 24.8 Å². The van der Waals surface area contributed by atoms with Crippen LogP contribution >= 0.6 is 11.6 Å². The zero-order chi connectivity index (χ0) is 10.3. The first-order valence-corrected chi connectivity index (χ1v) is 4.57. The average molecular weight is 203 g/mol. The number of carbonyl (C=O) groups excluding carboxylic acids is 1. The van der Waals surface area contributed by atoms with Gasteiger partial charge in [0.25, 0.3) is 0 Å². The van der Waals surface area contributed by atoms with Gasteiger partial charge in [0.15, 0.2) is 0 Å². The third-order valence-corrected chi connectivity index (χ3v) is 1.61. The Balaban J connectivity index is 3.31. The van der Waals surface area contributed by atoms with E-state index in [9.17, 15) is 4.79 Å². The number of allylic oxidation sites excluding steroid dienone is 1. The lowest BCUT2D eigenvalue weighted by atomic mass is 10.2. The molecule has 0 saturated heterocycles. The van der Waals surface area contributed by atoms with Crippen LogP contribution in [-0.4, -0.2) is 12.6 Å². The van der Waals surface area contributed by atoms with Crippen LogP contribution in [0.1, 0.15) is 26.2 Å². The van der Waals surface area contributed by atoms with Crippen LogP contribution in [0.2, 0.25) is 0 Å². The lowest BCUT2D eigenvalue weighted by Crippen LogP contribution is -2.05. The van der Waals surface area contributed by atoms with Gasteiger partial charge >= 0.3 is 5.97 Å². The van der Waals surface area contributed by atoms with E-state index in [0.29, 0.717) is 17.2 Å². The molecule has 0 bridgehead atoms. The van der Waals surface area contributed by atoms with Gasteiger partial charge in [0.05, 0.1) is 6.61 Å². The molecule has 0 atom stereocenters. The fourth-order valence-electron chi connectivity index (χ4n) is 0.707. The summed E-state index contributed by atoms with van der Waals surface area (Å²) >= 11 is 5.55. The molecule has 0 amide bonds. The van der Waals surface area contributed by atoms with Crippen LogP contribution in [0.5, 0.6) is 0 Å². The number of esters is 1. The predicted molar refractivity (Wildman–Crippen MR) is 54.6 cm³/mol. The van der Waals surface area contributed by atoms with Crippen molar-refractivity contribution in [1.29, 1.82) is 0 Å². The van der Waals surface area contributed by atoms with Crippen molar-refractivity contribution in [1.82, 2.24) is 0 Å². The largest absolute Gasteiger partial charge is 0.462 e. The summed E-state index contributed by atoms with van der Waals surface area (Å²) in [5, 5.41) is 0.645. The van der Waals surface area contributed by atoms with Crippen molar-refractivity contribution < 1.29 is 9.53 Å². The van der Waals surface area contributed by atoms with Crippen molar-refractivity contribution in [3.05, 3.63) is 23.8 Å². The van der Waals surface area contributed by atoms with Gasteiger partial charge in [0, 0.05) is 10.6 Å². The van der Waals surface area contributed by atoms with Crippen molar-refractivity contribution in [2.45, 2.75) is 26.2 Å². The molecule has 3 heteroatoms. The second-order valence-electron chi connectivity index (χ2n) is 2.89. The summed E-state index contributed by atoms with van der Waals surface area (Å²) in [6, 6.07) is 0. The quantitative estimate of drug-likeness (QED) is 0.376. The summed E-state index contributed by atoms with van der Waals surface area (Å²) in [5.74, 6) is -0.329. The van der Waals surface area contributed by atoms with Crippen molar-refractivity contribution in [2.24, 2.45) is 0 Å². The molecule has 0 unspecified atom stereocenters. The van der Waals surface area contributed by atoms with E-state index in [1.807, 2.05) is 0 Å². The molecule has 0 radical (unpaired) electrons. The molecule has 0 spiro atoms. The molecule has 74 valence electrons. The highest BCUT2D eigenvalue weighted by atomic mass is 35.5. The van der Waals surface area contributed by atoms with Gasteiger partial charge in [-0.15, -0.1) is 0 Å². The summed E-state index contributed by atoms with van der Waals surface area (Å²) in [5.41, 5.74) is 0.432. The SMILES string of the molecule is C=C(Cl)CCCCOC(=O)C(=C)C. The van der Waals surface area contributed by atoms with Crippen molar-refractivity contribution in [2.75, 3.05) is 6.61 Å². The molecule has 0 aromatic carbocycles. The number of hydrogen-bond donors (Lipinski definition) is 0. The predicted octanol–water partition coefficient (Wildman–Crippen LogP) is 3.03. The third kappa shape index (κ3) is 7.60. The van der Waals surface area contributed by atoms with E-state index in [-0.39, 0.29) is 5.97 Å². The molecule has 0 saturated carbocycles. The first-order chi connectivity index (χ1) is 6.04. The topological polar surface area (TPSA) is 26.3 Å². The highest BCUT2D eigenvalue weighted by Gasteiger charge is 2.01. The molecule has 0 fully saturated rings. The van der Waals surface area contributed by atoms with E-state index in [1.165, 1.54) is 0 Å². The standard InChI is InChI=1S/C10H15ClO2/c1-8(2)10(12)13-7-5-4-6-9(3)11/h1,3-7H2,2H3. The van der Waals surface area contributed by atoms with Gasteiger partial charge < -0.3 is 4.74 Å². The highest BCUT2D eigenvalue weighted by molar-refractivity contribution is 6.29. The molecule has 0 heterocycles. The first kappa shape index (κ1) is 12.2. The van der Waals surface area contributed by atoms with Gasteiger partial charge in [-0.2, -0.15) is 0 Å². The molecule has 0 aliphatic carbocycles. The average Bonchev–Trinajstić information content (AvgIpc) is 2.02. The van der Waals surface area contributed by atoms with Crippen LogP contribution in [0.4, 0.5) is 0 Å². The Kier molecular flexibility index (Phi) is 6.33. The molecule has 0 aliphatic heterocycles. The minimum Gasteiger partial charge on any atom is -0.462 e. The summed E-state index contributed by atoms with van der Waals surface area (Å²) in [4.78, 5) is 10.9. The highest BCUT2D eigenvalue weighted by Crippen LogP contribution is 2.08. The van der Waals surface area contributed by atoms with E-state index < -0.39 is 0 Å². The van der Waals surface area contributed by atoms with Crippen LogP contribution in [0.3, 0.4) is 0 Å². The Morgan fingerprint density at radius 3 is 2.46 bits per heavy atom. The fourth-order valence-corrected chi connectivity index (χ4v) is 0.841. The number of hydrogen-bond acceptors (Lipinski definition) is 2. The van der Waals surface area contributed by atoms with Crippen LogP contribution in [0.25, 0.3) is 0 Å². The van der Waals surface area contributed by atoms with Crippen molar-refractivity contribution in [3.63, 3.8) is 0 Å². The van der Waals surface area contributed by atoms with Gasteiger partial charge in [-0.25, -0.2) is 4.79 Å². The first-order valence-electron chi connectivity index (χ1n) is 4.20. The van der Waals surface area contributed by atoms with E-state index in [2.05, 4.69) is 13.2 Å². The van der Waals surface area contributed by atoms with Gasteiger partial charge in [-0.3, -0.25) is 0 Å². The van der Waals surface area contributed by atoms with Gasteiger partial charge in [0.1, 0.15) is 0 Å². The minimum absolute atomic E-state index is 0.329. The Morgan fingerprint density at radius 2 is 2.00 bits per heavy atom.